The molecule has 0 aliphatic heterocycles. The second-order valence-corrected chi connectivity index (χ2v) is 5.43. The van der Waals surface area contributed by atoms with Crippen molar-refractivity contribution in [3.8, 4) is 11.5 Å². The maximum absolute atomic E-state index is 12.7. The van der Waals surface area contributed by atoms with E-state index in [2.05, 4.69) is 9.47 Å². The zero-order valence-electron chi connectivity index (χ0n) is 14.6. The van der Waals surface area contributed by atoms with Crippen LogP contribution in [0.5, 0.6) is 11.5 Å². The molecule has 8 nitrogen and oxygen atoms in total. The highest BCUT2D eigenvalue weighted by Gasteiger charge is 2.19. The van der Waals surface area contributed by atoms with E-state index in [1.165, 1.54) is 26.4 Å². The van der Waals surface area contributed by atoms with Gasteiger partial charge in [0.1, 0.15) is 5.58 Å². The van der Waals surface area contributed by atoms with Crippen LogP contribution in [0.15, 0.2) is 45.6 Å². The molecule has 8 heteroatoms. The van der Waals surface area contributed by atoms with Crippen LogP contribution < -0.4 is 14.9 Å². The number of benzene rings is 2. The molecular weight excluding hydrogens is 356 g/mol. The van der Waals surface area contributed by atoms with E-state index in [0.717, 1.165) is 0 Å². The third-order valence-electron chi connectivity index (χ3n) is 3.80. The number of fused-ring (bicyclic) bond motifs is 2. The van der Waals surface area contributed by atoms with E-state index in [4.69, 9.17) is 13.9 Å². The summed E-state index contributed by atoms with van der Waals surface area (Å²) in [4.78, 5) is 35.6. The van der Waals surface area contributed by atoms with Crippen molar-refractivity contribution in [2.45, 2.75) is 0 Å². The first-order chi connectivity index (χ1) is 13.0. The highest BCUT2D eigenvalue weighted by molar-refractivity contribution is 5.94. The SMILES string of the molecule is COC(=O)COc1ccc2c(=O)c3ccccc3oc2c1OCC(=O)OC. The molecule has 0 saturated carbocycles. The van der Waals surface area contributed by atoms with Crippen molar-refractivity contribution in [1.29, 1.82) is 0 Å². The van der Waals surface area contributed by atoms with Crippen molar-refractivity contribution in [2.75, 3.05) is 27.4 Å². The zero-order chi connectivity index (χ0) is 19.4. The Bertz CT molecular complexity index is 1070. The van der Waals surface area contributed by atoms with E-state index in [9.17, 15) is 14.4 Å². The fourth-order valence-corrected chi connectivity index (χ4v) is 2.46. The molecule has 3 rings (SSSR count). The summed E-state index contributed by atoms with van der Waals surface area (Å²) in [5, 5.41) is 0.658. The number of ether oxygens (including phenoxy) is 4. The Morgan fingerprint density at radius 1 is 0.889 bits per heavy atom. The normalized spacial score (nSPS) is 10.6. The largest absolute Gasteiger partial charge is 0.478 e. The minimum Gasteiger partial charge on any atom is -0.478 e. The summed E-state index contributed by atoms with van der Waals surface area (Å²) in [7, 11) is 2.45. The second kappa shape index (κ2) is 7.77. The molecule has 0 atom stereocenters. The van der Waals surface area contributed by atoms with E-state index in [1.54, 1.807) is 24.3 Å². The highest BCUT2D eigenvalue weighted by Crippen LogP contribution is 2.36. The molecule has 0 N–H and O–H groups in total. The van der Waals surface area contributed by atoms with Crippen LogP contribution in [-0.4, -0.2) is 39.4 Å². The molecule has 1 heterocycles. The Morgan fingerprint density at radius 2 is 1.56 bits per heavy atom. The van der Waals surface area contributed by atoms with Crippen molar-refractivity contribution >= 4 is 33.9 Å². The van der Waals surface area contributed by atoms with E-state index in [1.807, 2.05) is 0 Å². The van der Waals surface area contributed by atoms with Gasteiger partial charge >= 0.3 is 11.9 Å². The van der Waals surface area contributed by atoms with Crippen molar-refractivity contribution < 1.29 is 33.0 Å². The highest BCUT2D eigenvalue weighted by atomic mass is 16.6. The molecule has 140 valence electrons. The summed E-state index contributed by atoms with van der Waals surface area (Å²) in [6, 6.07) is 9.71. The predicted octanol–water partition coefficient (Wildman–Crippen LogP) is 2.05. The Labute approximate surface area is 153 Å². The molecule has 0 aliphatic carbocycles. The first-order valence-corrected chi connectivity index (χ1v) is 7.93. The third-order valence-corrected chi connectivity index (χ3v) is 3.80. The second-order valence-electron chi connectivity index (χ2n) is 5.43. The maximum Gasteiger partial charge on any atom is 0.343 e. The molecule has 0 saturated heterocycles. The molecule has 2 aromatic carbocycles. The topological polar surface area (TPSA) is 101 Å². The van der Waals surface area contributed by atoms with Gasteiger partial charge in [-0.05, 0) is 24.3 Å². The molecule has 0 spiro atoms. The van der Waals surface area contributed by atoms with Crippen LogP contribution in [0.25, 0.3) is 21.9 Å². The molecule has 0 unspecified atom stereocenters. The lowest BCUT2D eigenvalue weighted by Gasteiger charge is -2.13. The van der Waals surface area contributed by atoms with Crippen LogP contribution in [0, 0.1) is 0 Å². The third kappa shape index (κ3) is 3.69. The Morgan fingerprint density at radius 3 is 2.26 bits per heavy atom. The zero-order valence-corrected chi connectivity index (χ0v) is 14.6. The van der Waals surface area contributed by atoms with Gasteiger partial charge in [0.15, 0.2) is 24.5 Å². The number of para-hydroxylation sites is 1. The average Bonchev–Trinajstić information content (AvgIpc) is 2.70. The first-order valence-electron chi connectivity index (χ1n) is 7.93. The van der Waals surface area contributed by atoms with Crippen molar-refractivity contribution in [3.63, 3.8) is 0 Å². The van der Waals surface area contributed by atoms with Crippen LogP contribution in [-0.2, 0) is 19.1 Å². The number of carbonyl (C=O) groups is 2. The van der Waals surface area contributed by atoms with Crippen molar-refractivity contribution in [2.24, 2.45) is 0 Å². The minimum atomic E-state index is -0.631. The molecule has 0 aliphatic rings. The van der Waals surface area contributed by atoms with Gasteiger partial charge in [-0.25, -0.2) is 9.59 Å². The van der Waals surface area contributed by atoms with Crippen LogP contribution in [0.3, 0.4) is 0 Å². The molecule has 0 radical (unpaired) electrons. The Hall–Kier alpha value is -3.55. The fourth-order valence-electron chi connectivity index (χ4n) is 2.46. The fraction of sp³-hybridized carbons (Fsp3) is 0.211. The van der Waals surface area contributed by atoms with Gasteiger partial charge in [-0.2, -0.15) is 0 Å². The average molecular weight is 372 g/mol. The summed E-state index contributed by atoms with van der Waals surface area (Å²) >= 11 is 0. The molecule has 0 fully saturated rings. The van der Waals surface area contributed by atoms with Gasteiger partial charge in [-0.1, -0.05) is 12.1 Å². The van der Waals surface area contributed by atoms with Gasteiger partial charge in [0.2, 0.25) is 11.2 Å². The molecule has 0 bridgehead atoms. The van der Waals surface area contributed by atoms with E-state index in [0.29, 0.717) is 11.0 Å². The number of rotatable bonds is 6. The first kappa shape index (κ1) is 18.2. The van der Waals surface area contributed by atoms with Gasteiger partial charge < -0.3 is 23.4 Å². The van der Waals surface area contributed by atoms with Crippen molar-refractivity contribution in [1.82, 2.24) is 0 Å². The number of carbonyl (C=O) groups excluding carboxylic acids is 2. The summed E-state index contributed by atoms with van der Waals surface area (Å²) < 4.78 is 25.8. The Kier molecular flexibility index (Phi) is 5.25. The summed E-state index contributed by atoms with van der Waals surface area (Å²) in [5.41, 5.74) is 0.197. The molecular formula is C19H16O8. The number of methoxy groups -OCH3 is 2. The molecule has 0 amide bonds. The smallest absolute Gasteiger partial charge is 0.343 e. The van der Waals surface area contributed by atoms with Crippen LogP contribution >= 0.6 is 0 Å². The molecule has 1 aromatic heterocycles. The van der Waals surface area contributed by atoms with Crippen LogP contribution in [0.4, 0.5) is 0 Å². The lowest BCUT2D eigenvalue weighted by molar-refractivity contribution is -0.144. The predicted molar refractivity (Wildman–Crippen MR) is 95.0 cm³/mol. The quantitative estimate of drug-likeness (QED) is 0.479. The van der Waals surface area contributed by atoms with E-state index in [-0.39, 0.29) is 34.5 Å². The minimum absolute atomic E-state index is 0.0182. The van der Waals surface area contributed by atoms with Gasteiger partial charge in [0.05, 0.1) is 25.0 Å². The monoisotopic (exact) mass is 372 g/mol. The lowest BCUT2D eigenvalue weighted by Crippen LogP contribution is -2.16. The maximum atomic E-state index is 12.7. The van der Waals surface area contributed by atoms with Crippen LogP contribution in [0.2, 0.25) is 0 Å². The van der Waals surface area contributed by atoms with Gasteiger partial charge in [-0.15, -0.1) is 0 Å². The van der Waals surface area contributed by atoms with Gasteiger partial charge in [0.25, 0.3) is 0 Å². The standard InChI is InChI=1S/C19H16O8/c1-23-15(20)9-25-14-8-7-12-17(22)11-5-3-4-6-13(11)27-18(12)19(14)26-10-16(21)24-2/h3-8H,9-10H2,1-2H3. The summed E-state index contributed by atoms with van der Waals surface area (Å²) in [6.45, 7) is -0.810. The molecule has 3 aromatic rings. The van der Waals surface area contributed by atoms with Crippen LogP contribution in [0.1, 0.15) is 0 Å². The summed E-state index contributed by atoms with van der Waals surface area (Å²) in [6.07, 6.45) is 0. The number of hydrogen-bond acceptors (Lipinski definition) is 8. The van der Waals surface area contributed by atoms with Gasteiger partial charge in [-0.3, -0.25) is 4.79 Å². The number of hydrogen-bond donors (Lipinski definition) is 0. The van der Waals surface area contributed by atoms with Gasteiger partial charge in [0, 0.05) is 0 Å². The summed E-state index contributed by atoms with van der Waals surface area (Å²) in [5.74, 6) is -1.09. The van der Waals surface area contributed by atoms with E-state index >= 15 is 0 Å². The van der Waals surface area contributed by atoms with E-state index < -0.39 is 18.5 Å². The van der Waals surface area contributed by atoms with Crippen molar-refractivity contribution in [3.05, 3.63) is 46.6 Å². The Balaban J connectivity index is 2.16. The lowest BCUT2D eigenvalue weighted by atomic mass is 10.1. The number of esters is 2. The molecule has 27 heavy (non-hydrogen) atoms.